The molecular formula is C8H15NO3. The number of esters is 1. The summed E-state index contributed by atoms with van der Waals surface area (Å²) >= 11 is 0. The van der Waals surface area contributed by atoms with E-state index in [1.807, 2.05) is 0 Å². The summed E-state index contributed by atoms with van der Waals surface area (Å²) in [5.74, 6) is -0.315. The lowest BCUT2D eigenvalue weighted by molar-refractivity contribution is -0.142. The number of nitrogens with one attached hydrogen (secondary N) is 1. The third-order valence-corrected chi connectivity index (χ3v) is 1.47. The Kier molecular flexibility index (Phi) is 5.28. The number of ether oxygens (including phenoxy) is 1. The van der Waals surface area contributed by atoms with E-state index < -0.39 is 0 Å². The van der Waals surface area contributed by atoms with Crippen LogP contribution in [0.3, 0.4) is 0 Å². The highest BCUT2D eigenvalue weighted by molar-refractivity contribution is 5.81. The topological polar surface area (TPSA) is 55.4 Å². The Labute approximate surface area is 72.3 Å². The number of hydrogen-bond donors (Lipinski definition) is 1. The lowest BCUT2D eigenvalue weighted by Gasteiger charge is -2.08. The van der Waals surface area contributed by atoms with Crippen LogP contribution in [0.4, 0.5) is 0 Å². The van der Waals surface area contributed by atoms with Crippen molar-refractivity contribution in [1.82, 2.24) is 5.32 Å². The fourth-order valence-corrected chi connectivity index (χ4v) is 0.592. The largest absolute Gasteiger partial charge is 0.465 e. The van der Waals surface area contributed by atoms with Gasteiger partial charge in [-0.15, -0.1) is 0 Å². The van der Waals surface area contributed by atoms with Crippen LogP contribution in [0.5, 0.6) is 0 Å². The van der Waals surface area contributed by atoms with E-state index in [2.05, 4.69) is 10.1 Å². The van der Waals surface area contributed by atoms with Crippen LogP contribution in [0.2, 0.25) is 0 Å². The van der Waals surface area contributed by atoms with Crippen molar-refractivity contribution in [3.05, 3.63) is 0 Å². The molecule has 0 aliphatic heterocycles. The highest BCUT2D eigenvalue weighted by Crippen LogP contribution is 1.83. The maximum atomic E-state index is 10.8. The van der Waals surface area contributed by atoms with Gasteiger partial charge in [-0.05, 0) is 20.8 Å². The summed E-state index contributed by atoms with van der Waals surface area (Å²) in [6, 6.07) is -0.283. The van der Waals surface area contributed by atoms with E-state index in [0.717, 1.165) is 0 Å². The Hall–Kier alpha value is -0.900. The first-order valence-corrected chi connectivity index (χ1v) is 3.97. The summed E-state index contributed by atoms with van der Waals surface area (Å²) in [5, 5.41) is 2.74. The fourth-order valence-electron chi connectivity index (χ4n) is 0.592. The number of carbonyl (C=O) groups excluding carboxylic acids is 2. The molecule has 70 valence electrons. The number of hydrogen-bond acceptors (Lipinski definition) is 4. The van der Waals surface area contributed by atoms with Gasteiger partial charge in [-0.1, -0.05) is 0 Å². The number of Topliss-reactive ketones (excluding diaryl/α,β-unsaturated/α-hetero) is 1. The molecule has 0 aliphatic rings. The van der Waals surface area contributed by atoms with E-state index in [1.54, 1.807) is 13.8 Å². The minimum atomic E-state index is -0.328. The van der Waals surface area contributed by atoms with Crippen LogP contribution in [0.25, 0.3) is 0 Å². The number of ketones is 1. The predicted molar refractivity (Wildman–Crippen MR) is 44.8 cm³/mol. The third-order valence-electron chi connectivity index (χ3n) is 1.47. The molecule has 0 unspecified atom stereocenters. The molecule has 0 saturated heterocycles. The molecule has 0 spiro atoms. The molecule has 0 amide bonds. The van der Waals surface area contributed by atoms with Crippen molar-refractivity contribution in [2.24, 2.45) is 0 Å². The van der Waals surface area contributed by atoms with Crippen LogP contribution in [0.1, 0.15) is 20.8 Å². The SMILES string of the molecule is CCOC(=O)CN[C@H](C)C(C)=O. The summed E-state index contributed by atoms with van der Waals surface area (Å²) in [4.78, 5) is 21.5. The zero-order chi connectivity index (χ0) is 9.56. The lowest BCUT2D eigenvalue weighted by atomic mass is 10.2. The standard InChI is InChI=1S/C8H15NO3/c1-4-12-8(11)5-9-6(2)7(3)10/h6,9H,4-5H2,1-3H3/t6-/m1/s1. The fraction of sp³-hybridized carbons (Fsp3) is 0.750. The Bertz CT molecular complexity index is 168. The average Bonchev–Trinajstić information content (AvgIpc) is 2.00. The molecule has 0 bridgehead atoms. The van der Waals surface area contributed by atoms with Gasteiger partial charge in [-0.2, -0.15) is 0 Å². The van der Waals surface area contributed by atoms with Crippen molar-refractivity contribution < 1.29 is 14.3 Å². The molecule has 12 heavy (non-hydrogen) atoms. The van der Waals surface area contributed by atoms with Gasteiger partial charge < -0.3 is 4.74 Å². The number of carbonyl (C=O) groups is 2. The Morgan fingerprint density at radius 3 is 2.50 bits per heavy atom. The first-order chi connectivity index (χ1) is 5.57. The predicted octanol–water partition coefficient (Wildman–Crippen LogP) is 0.117. The Balaban J connectivity index is 3.54. The second kappa shape index (κ2) is 5.71. The van der Waals surface area contributed by atoms with Crippen LogP contribution < -0.4 is 5.32 Å². The van der Waals surface area contributed by atoms with Crippen LogP contribution in [0.15, 0.2) is 0 Å². The average molecular weight is 173 g/mol. The van der Waals surface area contributed by atoms with Gasteiger partial charge in [0.1, 0.15) is 5.78 Å². The van der Waals surface area contributed by atoms with Crippen molar-refractivity contribution in [2.45, 2.75) is 26.8 Å². The second-order valence-electron chi connectivity index (χ2n) is 2.52. The molecule has 1 N–H and O–H groups in total. The summed E-state index contributed by atoms with van der Waals surface area (Å²) in [5.41, 5.74) is 0. The van der Waals surface area contributed by atoms with Gasteiger partial charge in [-0.3, -0.25) is 14.9 Å². The zero-order valence-corrected chi connectivity index (χ0v) is 7.72. The second-order valence-corrected chi connectivity index (χ2v) is 2.52. The molecule has 0 aromatic carbocycles. The van der Waals surface area contributed by atoms with Crippen LogP contribution in [0, 0.1) is 0 Å². The smallest absolute Gasteiger partial charge is 0.319 e. The molecule has 0 aromatic heterocycles. The summed E-state index contributed by atoms with van der Waals surface area (Å²) < 4.78 is 4.66. The minimum Gasteiger partial charge on any atom is -0.465 e. The van der Waals surface area contributed by atoms with Crippen molar-refractivity contribution in [3.8, 4) is 0 Å². The van der Waals surface area contributed by atoms with Gasteiger partial charge in [0.05, 0.1) is 19.2 Å². The van der Waals surface area contributed by atoms with E-state index in [0.29, 0.717) is 6.61 Å². The van der Waals surface area contributed by atoms with Crippen molar-refractivity contribution in [1.29, 1.82) is 0 Å². The monoisotopic (exact) mass is 173 g/mol. The molecular weight excluding hydrogens is 158 g/mol. The highest BCUT2D eigenvalue weighted by atomic mass is 16.5. The number of rotatable bonds is 5. The summed E-state index contributed by atoms with van der Waals surface area (Å²) in [7, 11) is 0. The quantitative estimate of drug-likeness (QED) is 0.600. The molecule has 0 aromatic rings. The zero-order valence-electron chi connectivity index (χ0n) is 7.72. The molecule has 0 saturated carbocycles. The van der Waals surface area contributed by atoms with Crippen molar-refractivity contribution >= 4 is 11.8 Å². The van der Waals surface area contributed by atoms with Gasteiger partial charge >= 0.3 is 5.97 Å². The van der Waals surface area contributed by atoms with E-state index in [4.69, 9.17) is 0 Å². The van der Waals surface area contributed by atoms with Gasteiger partial charge in [0.25, 0.3) is 0 Å². The van der Waals surface area contributed by atoms with Gasteiger partial charge in [0.2, 0.25) is 0 Å². The summed E-state index contributed by atoms with van der Waals surface area (Å²) in [6.45, 7) is 5.39. The van der Waals surface area contributed by atoms with Gasteiger partial charge in [-0.25, -0.2) is 0 Å². The molecule has 4 heteroatoms. The Morgan fingerprint density at radius 2 is 2.08 bits per heavy atom. The molecule has 0 rings (SSSR count). The minimum absolute atomic E-state index is 0.0132. The maximum absolute atomic E-state index is 10.8. The lowest BCUT2D eigenvalue weighted by Crippen LogP contribution is -2.36. The van der Waals surface area contributed by atoms with Crippen LogP contribution in [-0.2, 0) is 14.3 Å². The molecule has 4 nitrogen and oxygen atoms in total. The normalized spacial score (nSPS) is 12.2. The maximum Gasteiger partial charge on any atom is 0.319 e. The molecule has 0 aliphatic carbocycles. The van der Waals surface area contributed by atoms with E-state index in [1.165, 1.54) is 6.92 Å². The van der Waals surface area contributed by atoms with E-state index >= 15 is 0 Å². The van der Waals surface area contributed by atoms with Crippen LogP contribution >= 0.6 is 0 Å². The van der Waals surface area contributed by atoms with Crippen LogP contribution in [-0.4, -0.2) is 30.9 Å². The molecule has 0 fully saturated rings. The van der Waals surface area contributed by atoms with Crippen molar-refractivity contribution in [3.63, 3.8) is 0 Å². The van der Waals surface area contributed by atoms with Gasteiger partial charge in [0, 0.05) is 0 Å². The molecule has 0 heterocycles. The highest BCUT2D eigenvalue weighted by Gasteiger charge is 2.08. The first-order valence-electron chi connectivity index (χ1n) is 3.97. The van der Waals surface area contributed by atoms with Gasteiger partial charge in [0.15, 0.2) is 0 Å². The molecule has 1 atom stereocenters. The van der Waals surface area contributed by atoms with E-state index in [9.17, 15) is 9.59 Å². The Morgan fingerprint density at radius 1 is 1.50 bits per heavy atom. The first kappa shape index (κ1) is 11.1. The van der Waals surface area contributed by atoms with Crippen molar-refractivity contribution in [2.75, 3.05) is 13.2 Å². The summed E-state index contributed by atoms with van der Waals surface area (Å²) in [6.07, 6.45) is 0. The van der Waals surface area contributed by atoms with E-state index in [-0.39, 0.29) is 24.3 Å². The molecule has 0 radical (unpaired) electrons. The third kappa shape index (κ3) is 4.85.